The van der Waals surface area contributed by atoms with Gasteiger partial charge in [-0.25, -0.2) is 0 Å². The molecular formula is C29H40N2O3. The first-order chi connectivity index (χ1) is 16.4. The van der Waals surface area contributed by atoms with Gasteiger partial charge in [-0.15, -0.1) is 0 Å². The summed E-state index contributed by atoms with van der Waals surface area (Å²) in [4.78, 5) is 19.4. The van der Waals surface area contributed by atoms with Crippen LogP contribution in [-0.4, -0.2) is 42.2 Å². The third-order valence-electron chi connectivity index (χ3n) is 8.59. The lowest BCUT2D eigenvalue weighted by Crippen LogP contribution is -2.50. The normalized spacial score (nSPS) is 26.2. The first-order valence-corrected chi connectivity index (χ1v) is 13.2. The van der Waals surface area contributed by atoms with Crippen molar-refractivity contribution in [2.45, 2.75) is 77.9 Å². The number of carbonyl (C=O) groups excluding carboxylic acids is 1. The van der Waals surface area contributed by atoms with Crippen molar-refractivity contribution in [3.63, 3.8) is 0 Å². The van der Waals surface area contributed by atoms with Gasteiger partial charge in [0.25, 0.3) is 0 Å². The van der Waals surface area contributed by atoms with E-state index in [4.69, 9.17) is 14.5 Å². The molecule has 0 N–H and O–H groups in total. The average molecular weight is 465 g/mol. The van der Waals surface area contributed by atoms with E-state index in [9.17, 15) is 4.79 Å². The lowest BCUT2D eigenvalue weighted by Gasteiger charge is -2.45. The Kier molecular flexibility index (Phi) is 6.83. The molecule has 2 saturated carbocycles. The maximum Gasteiger partial charge on any atom is 0.308 e. The van der Waals surface area contributed by atoms with Crippen molar-refractivity contribution < 1.29 is 14.3 Å². The van der Waals surface area contributed by atoms with Gasteiger partial charge in [-0.2, -0.15) is 0 Å². The fraction of sp³-hybridized carbons (Fsp3) is 0.655. The molecule has 1 saturated heterocycles. The van der Waals surface area contributed by atoms with Crippen LogP contribution in [0.2, 0.25) is 0 Å². The molecule has 0 spiro atoms. The van der Waals surface area contributed by atoms with Crippen molar-refractivity contribution in [2.24, 2.45) is 23.2 Å². The maximum atomic E-state index is 11.9. The fourth-order valence-electron chi connectivity index (χ4n) is 6.29. The second-order valence-electron chi connectivity index (χ2n) is 11.7. The molecule has 3 aliphatic rings. The topological polar surface area (TPSA) is 51.7 Å². The van der Waals surface area contributed by atoms with Crippen LogP contribution in [0.1, 0.15) is 70.9 Å². The third kappa shape index (κ3) is 5.40. The smallest absolute Gasteiger partial charge is 0.308 e. The summed E-state index contributed by atoms with van der Waals surface area (Å²) in [5.41, 5.74) is 2.63. The van der Waals surface area contributed by atoms with Crippen LogP contribution in [0.3, 0.4) is 0 Å². The first-order valence-electron chi connectivity index (χ1n) is 13.2. The predicted octanol–water partition coefficient (Wildman–Crippen LogP) is 5.99. The van der Waals surface area contributed by atoms with Crippen molar-refractivity contribution in [1.29, 1.82) is 0 Å². The number of fused-ring (bicyclic) bond motifs is 1. The van der Waals surface area contributed by atoms with Crippen molar-refractivity contribution >= 4 is 16.9 Å². The highest BCUT2D eigenvalue weighted by atomic mass is 16.5. The second-order valence-corrected chi connectivity index (χ2v) is 11.7. The lowest BCUT2D eigenvalue weighted by molar-refractivity contribution is -0.147. The molecule has 184 valence electrons. The van der Waals surface area contributed by atoms with E-state index in [0.717, 1.165) is 74.1 Å². The SMILES string of the molecule is COC(=O)C1CCCC(C2CN(Cc3ccc4cc(OC5CCC(C)(C)CC5)ccc4n3)C2)C1. The molecule has 2 atom stereocenters. The Hall–Kier alpha value is -2.14. The van der Waals surface area contributed by atoms with Crippen LogP contribution in [0.5, 0.6) is 5.75 Å². The number of likely N-dealkylation sites (tertiary alicyclic amines) is 1. The lowest BCUT2D eigenvalue weighted by atomic mass is 9.72. The van der Waals surface area contributed by atoms with Gasteiger partial charge in [0.15, 0.2) is 0 Å². The molecule has 2 aliphatic carbocycles. The molecule has 2 aromatic rings. The second kappa shape index (κ2) is 9.85. The standard InChI is InChI=1S/C29H40N2O3/c1-29(2)13-11-25(12-14-29)34-26-9-10-27-21(16-26)7-8-24(30-27)19-31-17-23(18-31)20-5-4-6-22(15-20)28(32)33-3/h7-10,16,20,22-23,25H,4-6,11-15,17-19H2,1-3H3. The molecule has 5 heteroatoms. The van der Waals surface area contributed by atoms with Gasteiger partial charge in [-0.1, -0.05) is 32.8 Å². The zero-order chi connectivity index (χ0) is 23.7. The molecule has 1 aromatic carbocycles. The van der Waals surface area contributed by atoms with Crippen LogP contribution >= 0.6 is 0 Å². The number of benzene rings is 1. The molecule has 3 fully saturated rings. The quantitative estimate of drug-likeness (QED) is 0.491. The Morgan fingerprint density at radius 2 is 1.85 bits per heavy atom. The molecule has 5 nitrogen and oxygen atoms in total. The Morgan fingerprint density at radius 3 is 2.62 bits per heavy atom. The predicted molar refractivity (Wildman–Crippen MR) is 135 cm³/mol. The number of methoxy groups -OCH3 is 1. The summed E-state index contributed by atoms with van der Waals surface area (Å²) in [5.74, 6) is 2.43. The van der Waals surface area contributed by atoms with E-state index in [1.54, 1.807) is 0 Å². The number of hydrogen-bond donors (Lipinski definition) is 0. The molecule has 34 heavy (non-hydrogen) atoms. The van der Waals surface area contributed by atoms with Gasteiger partial charge in [-0.3, -0.25) is 14.7 Å². The number of aromatic nitrogens is 1. The highest BCUT2D eigenvalue weighted by molar-refractivity contribution is 5.80. The number of pyridine rings is 1. The van der Waals surface area contributed by atoms with Crippen LogP contribution in [0.4, 0.5) is 0 Å². The summed E-state index contributed by atoms with van der Waals surface area (Å²) >= 11 is 0. The van der Waals surface area contributed by atoms with Crippen molar-refractivity contribution in [1.82, 2.24) is 9.88 Å². The van der Waals surface area contributed by atoms with Crippen molar-refractivity contribution in [3.8, 4) is 5.75 Å². The maximum absolute atomic E-state index is 11.9. The minimum atomic E-state index is -0.0162. The number of nitrogens with zero attached hydrogens (tertiary/aromatic N) is 2. The Bertz CT molecular complexity index is 1000. The summed E-state index contributed by atoms with van der Waals surface area (Å²) in [6, 6.07) is 10.7. The van der Waals surface area contributed by atoms with E-state index in [0.29, 0.717) is 23.4 Å². The number of carbonyl (C=O) groups is 1. The van der Waals surface area contributed by atoms with Gasteiger partial charge < -0.3 is 9.47 Å². The zero-order valence-corrected chi connectivity index (χ0v) is 21.1. The summed E-state index contributed by atoms with van der Waals surface area (Å²) in [6.45, 7) is 7.85. The number of ether oxygens (including phenoxy) is 2. The van der Waals surface area contributed by atoms with Crippen LogP contribution in [-0.2, 0) is 16.1 Å². The van der Waals surface area contributed by atoms with E-state index in [-0.39, 0.29) is 11.9 Å². The van der Waals surface area contributed by atoms with Gasteiger partial charge in [0, 0.05) is 25.0 Å². The van der Waals surface area contributed by atoms with Crippen LogP contribution < -0.4 is 4.74 Å². The molecule has 0 amide bonds. The first kappa shape index (κ1) is 23.6. The fourth-order valence-corrected chi connectivity index (χ4v) is 6.29. The molecule has 1 aromatic heterocycles. The number of rotatable bonds is 6. The number of hydrogen-bond acceptors (Lipinski definition) is 5. The Labute approximate surface area is 204 Å². The van der Waals surface area contributed by atoms with E-state index in [2.05, 4.69) is 49.1 Å². The summed E-state index contributed by atoms with van der Waals surface area (Å²) < 4.78 is 11.3. The van der Waals surface area contributed by atoms with E-state index in [1.165, 1.54) is 26.4 Å². The van der Waals surface area contributed by atoms with Crippen LogP contribution in [0.15, 0.2) is 30.3 Å². The van der Waals surface area contributed by atoms with Crippen molar-refractivity contribution in [2.75, 3.05) is 20.2 Å². The Balaban J connectivity index is 1.13. The minimum Gasteiger partial charge on any atom is -0.490 e. The molecule has 5 rings (SSSR count). The molecule has 1 aliphatic heterocycles. The molecule has 2 heterocycles. The van der Waals surface area contributed by atoms with Crippen LogP contribution in [0, 0.1) is 23.2 Å². The molecular weight excluding hydrogens is 424 g/mol. The van der Waals surface area contributed by atoms with Crippen LogP contribution in [0.25, 0.3) is 10.9 Å². The van der Waals surface area contributed by atoms with Crippen molar-refractivity contribution in [3.05, 3.63) is 36.0 Å². The highest BCUT2D eigenvalue weighted by Crippen LogP contribution is 2.39. The molecule has 0 radical (unpaired) electrons. The van der Waals surface area contributed by atoms with E-state index >= 15 is 0 Å². The highest BCUT2D eigenvalue weighted by Gasteiger charge is 2.38. The number of esters is 1. The van der Waals surface area contributed by atoms with Gasteiger partial charge in [0.05, 0.1) is 30.3 Å². The summed E-state index contributed by atoms with van der Waals surface area (Å²) in [5, 5.41) is 1.15. The monoisotopic (exact) mass is 464 g/mol. The average Bonchev–Trinajstić information content (AvgIpc) is 2.82. The van der Waals surface area contributed by atoms with E-state index in [1.807, 2.05) is 0 Å². The summed E-state index contributed by atoms with van der Waals surface area (Å²) in [7, 11) is 1.51. The van der Waals surface area contributed by atoms with Gasteiger partial charge in [0.2, 0.25) is 0 Å². The zero-order valence-electron chi connectivity index (χ0n) is 21.1. The minimum absolute atomic E-state index is 0.0162. The van der Waals surface area contributed by atoms with Gasteiger partial charge in [0.1, 0.15) is 5.75 Å². The van der Waals surface area contributed by atoms with Gasteiger partial charge >= 0.3 is 5.97 Å². The third-order valence-corrected chi connectivity index (χ3v) is 8.59. The summed E-state index contributed by atoms with van der Waals surface area (Å²) in [6.07, 6.45) is 9.49. The molecule has 2 unspecified atom stereocenters. The van der Waals surface area contributed by atoms with E-state index < -0.39 is 0 Å². The van der Waals surface area contributed by atoms with Gasteiger partial charge in [-0.05, 0) is 80.0 Å². The largest absolute Gasteiger partial charge is 0.490 e. The Morgan fingerprint density at radius 1 is 1.06 bits per heavy atom. The molecule has 0 bridgehead atoms.